The average molecular weight is 287 g/mol. The summed E-state index contributed by atoms with van der Waals surface area (Å²) in [4.78, 5) is 10.6. The lowest BCUT2D eigenvalue weighted by Crippen LogP contribution is -2.33. The summed E-state index contributed by atoms with van der Waals surface area (Å²) < 4.78 is 0. The fourth-order valence-corrected chi connectivity index (χ4v) is 3.38. The zero-order valence-corrected chi connectivity index (χ0v) is 11.5. The molecule has 0 radical (unpaired) electrons. The van der Waals surface area contributed by atoms with Crippen molar-refractivity contribution in [3.63, 3.8) is 0 Å². The maximum Gasteiger partial charge on any atom is 0.275 e. The molecule has 0 bridgehead atoms. The quantitative estimate of drug-likeness (QED) is 0.682. The topological polar surface area (TPSA) is 55.2 Å². The summed E-state index contributed by atoms with van der Waals surface area (Å²) in [7, 11) is 0. The second-order valence-electron chi connectivity index (χ2n) is 4.29. The third kappa shape index (κ3) is 3.37. The van der Waals surface area contributed by atoms with Crippen LogP contribution in [0.3, 0.4) is 0 Å². The highest BCUT2D eigenvalue weighted by Crippen LogP contribution is 2.26. The minimum absolute atomic E-state index is 0.0958. The predicted octanol–water partition coefficient (Wildman–Crippen LogP) is 3.23. The van der Waals surface area contributed by atoms with Gasteiger partial charge in [0.25, 0.3) is 5.69 Å². The van der Waals surface area contributed by atoms with Crippen LogP contribution in [0.4, 0.5) is 5.69 Å². The van der Waals surface area contributed by atoms with E-state index < -0.39 is 0 Å². The standard InChI is InChI=1S/C12H15ClN2O2S/c13-11-4-1-5-12(15(16)17)10(11)7-14-9-3-2-6-18-8-9/h1,4-5,9,14H,2-3,6-8H2. The Hall–Kier alpha value is -0.780. The molecule has 1 saturated heterocycles. The SMILES string of the molecule is O=[N+]([O-])c1cccc(Cl)c1CNC1CCCSC1. The lowest BCUT2D eigenvalue weighted by Gasteiger charge is -2.22. The van der Waals surface area contributed by atoms with E-state index in [4.69, 9.17) is 11.6 Å². The van der Waals surface area contributed by atoms with Crippen LogP contribution in [-0.2, 0) is 6.54 Å². The van der Waals surface area contributed by atoms with Gasteiger partial charge in [-0.15, -0.1) is 0 Å². The Labute approximate surface area is 115 Å². The minimum atomic E-state index is -0.376. The van der Waals surface area contributed by atoms with Crippen LogP contribution in [-0.4, -0.2) is 22.5 Å². The van der Waals surface area contributed by atoms with E-state index in [0.717, 1.165) is 12.2 Å². The second kappa shape index (κ2) is 6.41. The minimum Gasteiger partial charge on any atom is -0.309 e. The maximum absolute atomic E-state index is 10.9. The molecule has 1 atom stereocenters. The van der Waals surface area contributed by atoms with Gasteiger partial charge in [0.2, 0.25) is 0 Å². The first-order valence-electron chi connectivity index (χ1n) is 5.91. The number of benzene rings is 1. The summed E-state index contributed by atoms with van der Waals surface area (Å²) in [6.07, 6.45) is 2.33. The monoisotopic (exact) mass is 286 g/mol. The first kappa shape index (κ1) is 13.6. The third-order valence-electron chi connectivity index (χ3n) is 3.02. The van der Waals surface area contributed by atoms with Crippen molar-refractivity contribution in [3.8, 4) is 0 Å². The van der Waals surface area contributed by atoms with Gasteiger partial charge in [0, 0.05) is 24.4 Å². The Bertz CT molecular complexity index is 436. The Morgan fingerprint density at radius 3 is 3.06 bits per heavy atom. The fourth-order valence-electron chi connectivity index (χ4n) is 2.04. The molecule has 1 aliphatic heterocycles. The van der Waals surface area contributed by atoms with Gasteiger partial charge in [0.15, 0.2) is 0 Å². The van der Waals surface area contributed by atoms with E-state index in [1.165, 1.54) is 18.2 Å². The van der Waals surface area contributed by atoms with E-state index in [1.54, 1.807) is 12.1 Å². The van der Waals surface area contributed by atoms with Crippen molar-refractivity contribution in [1.29, 1.82) is 0 Å². The molecule has 6 heteroatoms. The lowest BCUT2D eigenvalue weighted by molar-refractivity contribution is -0.385. The van der Waals surface area contributed by atoms with E-state index in [-0.39, 0.29) is 10.6 Å². The first-order valence-corrected chi connectivity index (χ1v) is 7.44. The van der Waals surface area contributed by atoms with Gasteiger partial charge in [0.1, 0.15) is 0 Å². The highest BCUT2D eigenvalue weighted by molar-refractivity contribution is 7.99. The largest absolute Gasteiger partial charge is 0.309 e. The van der Waals surface area contributed by atoms with Crippen LogP contribution in [0.2, 0.25) is 5.02 Å². The first-order chi connectivity index (χ1) is 8.68. The summed E-state index contributed by atoms with van der Waals surface area (Å²) >= 11 is 7.97. The van der Waals surface area contributed by atoms with Crippen molar-refractivity contribution < 1.29 is 4.92 Å². The molecular weight excluding hydrogens is 272 g/mol. The van der Waals surface area contributed by atoms with Crippen molar-refractivity contribution >= 4 is 29.1 Å². The number of nitro benzene ring substituents is 1. The van der Waals surface area contributed by atoms with Crippen LogP contribution < -0.4 is 5.32 Å². The molecular formula is C12H15ClN2O2S. The van der Waals surface area contributed by atoms with Gasteiger partial charge in [-0.05, 0) is 24.7 Å². The van der Waals surface area contributed by atoms with Crippen LogP contribution >= 0.6 is 23.4 Å². The molecule has 1 aromatic carbocycles. The molecule has 1 heterocycles. The zero-order chi connectivity index (χ0) is 13.0. The highest BCUT2D eigenvalue weighted by atomic mass is 35.5. The molecule has 0 amide bonds. The highest BCUT2D eigenvalue weighted by Gasteiger charge is 2.19. The summed E-state index contributed by atoms with van der Waals surface area (Å²) in [5.74, 6) is 2.28. The summed E-state index contributed by atoms with van der Waals surface area (Å²) in [6, 6.07) is 5.24. The van der Waals surface area contributed by atoms with Gasteiger partial charge in [-0.25, -0.2) is 0 Å². The summed E-state index contributed by atoms with van der Waals surface area (Å²) in [5.41, 5.74) is 0.679. The zero-order valence-electron chi connectivity index (χ0n) is 9.89. The predicted molar refractivity (Wildman–Crippen MR) is 75.3 cm³/mol. The number of halogens is 1. The van der Waals surface area contributed by atoms with Crippen LogP contribution in [0.15, 0.2) is 18.2 Å². The van der Waals surface area contributed by atoms with Crippen molar-refractivity contribution in [2.24, 2.45) is 0 Å². The van der Waals surface area contributed by atoms with E-state index in [2.05, 4.69) is 5.32 Å². The molecule has 1 aliphatic rings. The van der Waals surface area contributed by atoms with Gasteiger partial charge in [-0.2, -0.15) is 11.8 Å². The number of hydrogen-bond donors (Lipinski definition) is 1. The normalized spacial score (nSPS) is 19.7. The maximum atomic E-state index is 10.9. The van der Waals surface area contributed by atoms with Gasteiger partial charge in [0.05, 0.1) is 15.5 Å². The van der Waals surface area contributed by atoms with Crippen LogP contribution in [0, 0.1) is 10.1 Å². The van der Waals surface area contributed by atoms with Crippen molar-refractivity contribution in [2.45, 2.75) is 25.4 Å². The molecule has 0 spiro atoms. The number of rotatable bonds is 4. The molecule has 1 fully saturated rings. The van der Waals surface area contributed by atoms with Gasteiger partial charge in [-0.1, -0.05) is 17.7 Å². The van der Waals surface area contributed by atoms with Crippen molar-refractivity contribution in [2.75, 3.05) is 11.5 Å². The van der Waals surface area contributed by atoms with E-state index in [1.807, 2.05) is 11.8 Å². The lowest BCUT2D eigenvalue weighted by atomic mass is 10.1. The van der Waals surface area contributed by atoms with E-state index in [9.17, 15) is 10.1 Å². The average Bonchev–Trinajstić information content (AvgIpc) is 2.38. The van der Waals surface area contributed by atoms with Crippen LogP contribution in [0.1, 0.15) is 18.4 Å². The molecule has 1 aromatic rings. The van der Waals surface area contributed by atoms with Crippen LogP contribution in [0.5, 0.6) is 0 Å². The molecule has 0 saturated carbocycles. The molecule has 98 valence electrons. The number of nitrogens with one attached hydrogen (secondary N) is 1. The number of nitrogens with zero attached hydrogens (tertiary/aromatic N) is 1. The Kier molecular flexibility index (Phi) is 4.86. The molecule has 2 rings (SSSR count). The summed E-state index contributed by atoms with van der Waals surface area (Å²) in [5, 5.41) is 14.8. The smallest absolute Gasteiger partial charge is 0.275 e. The molecule has 18 heavy (non-hydrogen) atoms. The molecule has 0 aliphatic carbocycles. The third-order valence-corrected chi connectivity index (χ3v) is 4.59. The second-order valence-corrected chi connectivity index (χ2v) is 5.85. The van der Waals surface area contributed by atoms with Crippen molar-refractivity contribution in [1.82, 2.24) is 5.32 Å². The molecule has 1 N–H and O–H groups in total. The number of thioether (sulfide) groups is 1. The van der Waals surface area contributed by atoms with Gasteiger partial charge in [-0.3, -0.25) is 10.1 Å². The van der Waals surface area contributed by atoms with E-state index >= 15 is 0 Å². The Morgan fingerprint density at radius 2 is 2.39 bits per heavy atom. The molecule has 0 aromatic heterocycles. The number of nitro groups is 1. The number of hydrogen-bond acceptors (Lipinski definition) is 4. The van der Waals surface area contributed by atoms with E-state index in [0.29, 0.717) is 23.2 Å². The van der Waals surface area contributed by atoms with Gasteiger partial charge < -0.3 is 5.32 Å². The Balaban J connectivity index is 2.05. The molecule has 1 unspecified atom stereocenters. The summed E-state index contributed by atoms with van der Waals surface area (Å²) in [6.45, 7) is 0.460. The van der Waals surface area contributed by atoms with Gasteiger partial charge >= 0.3 is 0 Å². The fraction of sp³-hybridized carbons (Fsp3) is 0.500. The van der Waals surface area contributed by atoms with Crippen LogP contribution in [0.25, 0.3) is 0 Å². The molecule has 4 nitrogen and oxygen atoms in total. The van der Waals surface area contributed by atoms with Crippen molar-refractivity contribution in [3.05, 3.63) is 38.9 Å². The Morgan fingerprint density at radius 1 is 1.56 bits per heavy atom.